The molecular weight excluding hydrogens is 342 g/mol. The molecule has 0 saturated carbocycles. The maximum Gasteiger partial charge on any atom is 0.360 e. The van der Waals surface area contributed by atoms with Gasteiger partial charge in [-0.15, -0.1) is 16.9 Å². The van der Waals surface area contributed by atoms with E-state index in [1.807, 2.05) is 18.4 Å². The monoisotopic (exact) mass is 359 g/mol. The predicted octanol–water partition coefficient (Wildman–Crippen LogP) is 3.60. The molecule has 130 valence electrons. The van der Waals surface area contributed by atoms with Crippen molar-refractivity contribution < 1.29 is 19.8 Å². The van der Waals surface area contributed by atoms with Crippen molar-refractivity contribution in [2.75, 3.05) is 6.26 Å². The number of carboxylic acids is 1. The van der Waals surface area contributed by atoms with Crippen molar-refractivity contribution in [3.8, 4) is 5.75 Å². The molecule has 0 spiro atoms. The first-order valence-corrected chi connectivity index (χ1v) is 8.57. The van der Waals surface area contributed by atoms with Crippen LogP contribution < -0.4 is 5.32 Å². The fraction of sp³-hybridized carbons (Fsp3) is 0.176. The molecule has 0 aliphatic heterocycles. The topological polar surface area (TPSA) is 111 Å². The molecule has 1 atom stereocenters. The molecule has 0 heterocycles. The molecule has 0 saturated heterocycles. The molecule has 0 aromatic heterocycles. The van der Waals surface area contributed by atoms with Gasteiger partial charge in [0.1, 0.15) is 11.8 Å². The van der Waals surface area contributed by atoms with Gasteiger partial charge >= 0.3 is 12.0 Å². The van der Waals surface area contributed by atoms with Gasteiger partial charge in [0.2, 0.25) is 0 Å². The fourth-order valence-electron chi connectivity index (χ4n) is 2.00. The van der Waals surface area contributed by atoms with Gasteiger partial charge in [0.25, 0.3) is 0 Å². The summed E-state index contributed by atoms with van der Waals surface area (Å²) in [6.07, 6.45) is 2.02. The molecule has 3 N–H and O–H groups in total. The summed E-state index contributed by atoms with van der Waals surface area (Å²) in [6, 6.07) is 11.2. The number of phenols is 1. The van der Waals surface area contributed by atoms with Gasteiger partial charge in [-0.2, -0.15) is 0 Å². The third kappa shape index (κ3) is 5.92. The zero-order chi connectivity index (χ0) is 18.2. The highest BCUT2D eigenvalue weighted by atomic mass is 32.2. The van der Waals surface area contributed by atoms with E-state index >= 15 is 0 Å². The molecule has 2 aromatic rings. The highest BCUT2D eigenvalue weighted by molar-refractivity contribution is 7.98. The molecule has 0 bridgehead atoms. The summed E-state index contributed by atoms with van der Waals surface area (Å²) in [7, 11) is 0. The van der Waals surface area contributed by atoms with Crippen molar-refractivity contribution in [3.63, 3.8) is 0 Å². The normalized spacial score (nSPS) is 12.0. The zero-order valence-corrected chi connectivity index (χ0v) is 14.2. The number of phenolic OH excluding ortho intramolecular Hbond substituents is 1. The van der Waals surface area contributed by atoms with Crippen molar-refractivity contribution in [1.29, 1.82) is 0 Å². The minimum atomic E-state index is -1.18. The number of urea groups is 1. The van der Waals surface area contributed by atoms with Gasteiger partial charge in [-0.1, -0.05) is 17.2 Å². The number of rotatable bonds is 6. The number of carbonyl (C=O) groups excluding carboxylic acids is 1. The Bertz CT molecular complexity index is 760. The van der Waals surface area contributed by atoms with Crippen LogP contribution in [0.5, 0.6) is 5.75 Å². The lowest BCUT2D eigenvalue weighted by Crippen LogP contribution is -2.40. The van der Waals surface area contributed by atoms with Crippen LogP contribution in [-0.4, -0.2) is 34.5 Å². The summed E-state index contributed by atoms with van der Waals surface area (Å²) < 4.78 is 0. The van der Waals surface area contributed by atoms with Gasteiger partial charge in [0.15, 0.2) is 0 Å². The average Bonchev–Trinajstić information content (AvgIpc) is 2.61. The first-order valence-electron chi connectivity index (χ1n) is 7.35. The summed E-state index contributed by atoms with van der Waals surface area (Å²) >= 11 is 1.58. The lowest BCUT2D eigenvalue weighted by Gasteiger charge is -2.12. The van der Waals surface area contributed by atoms with E-state index in [2.05, 4.69) is 15.5 Å². The second-order valence-corrected chi connectivity index (χ2v) is 5.99. The lowest BCUT2D eigenvalue weighted by atomic mass is 10.1. The number of aromatic hydroxyl groups is 1. The van der Waals surface area contributed by atoms with E-state index in [9.17, 15) is 19.8 Å². The van der Waals surface area contributed by atoms with E-state index in [4.69, 9.17) is 0 Å². The quantitative estimate of drug-likeness (QED) is 0.539. The molecule has 8 heteroatoms. The number of azo groups is 1. The molecule has 0 radical (unpaired) electrons. The van der Waals surface area contributed by atoms with Gasteiger partial charge < -0.3 is 15.5 Å². The first-order chi connectivity index (χ1) is 12.0. The number of thioether (sulfide) groups is 1. The predicted molar refractivity (Wildman–Crippen MR) is 94.5 cm³/mol. The van der Waals surface area contributed by atoms with E-state index in [0.29, 0.717) is 11.3 Å². The van der Waals surface area contributed by atoms with Crippen molar-refractivity contribution >= 4 is 29.4 Å². The molecule has 2 aromatic carbocycles. The first kappa shape index (κ1) is 18.5. The standard InChI is InChI=1S/C17H17N3O4S/c1-25-14-8-4-12(5-9-14)19-20-17(24)18-15(16(22)23)10-11-2-6-13(21)7-3-11/h2-9,15,21H,10H2,1H3,(H,18,24)(H,22,23)/b20-19+. The Morgan fingerprint density at radius 3 is 2.32 bits per heavy atom. The number of benzene rings is 2. The Labute approximate surface area is 148 Å². The zero-order valence-electron chi connectivity index (χ0n) is 13.4. The number of aliphatic carboxylic acids is 1. The molecule has 1 unspecified atom stereocenters. The van der Waals surface area contributed by atoms with E-state index < -0.39 is 18.0 Å². The Balaban J connectivity index is 1.98. The summed E-state index contributed by atoms with van der Waals surface area (Å²) in [5.41, 5.74) is 1.16. The van der Waals surface area contributed by atoms with Crippen LogP contribution in [-0.2, 0) is 11.2 Å². The molecule has 0 aliphatic rings. The van der Waals surface area contributed by atoms with E-state index in [-0.39, 0.29) is 12.2 Å². The highest BCUT2D eigenvalue weighted by Gasteiger charge is 2.20. The second kappa shape index (κ2) is 8.84. The molecule has 2 rings (SSSR count). The number of nitrogens with zero attached hydrogens (tertiary/aromatic N) is 2. The van der Waals surface area contributed by atoms with Gasteiger partial charge in [0, 0.05) is 11.3 Å². The van der Waals surface area contributed by atoms with Crippen LogP contribution in [0.4, 0.5) is 10.5 Å². The van der Waals surface area contributed by atoms with Crippen molar-refractivity contribution in [1.82, 2.24) is 5.32 Å². The third-order valence-electron chi connectivity index (χ3n) is 3.30. The molecule has 2 amide bonds. The molecule has 25 heavy (non-hydrogen) atoms. The van der Waals surface area contributed by atoms with Crippen molar-refractivity contribution in [3.05, 3.63) is 54.1 Å². The maximum absolute atomic E-state index is 11.8. The SMILES string of the molecule is CSc1ccc(/N=N/C(=O)NC(Cc2ccc(O)cc2)C(=O)O)cc1. The second-order valence-electron chi connectivity index (χ2n) is 5.11. The van der Waals surface area contributed by atoms with Gasteiger partial charge in [-0.05, 0) is 48.2 Å². The molecule has 0 aliphatic carbocycles. The average molecular weight is 359 g/mol. The van der Waals surface area contributed by atoms with Gasteiger partial charge in [-0.25, -0.2) is 9.59 Å². The van der Waals surface area contributed by atoms with Crippen LogP contribution in [0.2, 0.25) is 0 Å². The minimum Gasteiger partial charge on any atom is -0.508 e. The largest absolute Gasteiger partial charge is 0.508 e. The van der Waals surface area contributed by atoms with E-state index in [1.54, 1.807) is 36.0 Å². The fourth-order valence-corrected chi connectivity index (χ4v) is 2.41. The summed E-state index contributed by atoms with van der Waals surface area (Å²) in [5.74, 6) is -1.10. The summed E-state index contributed by atoms with van der Waals surface area (Å²) in [6.45, 7) is 0. The number of hydrogen-bond acceptors (Lipinski definition) is 5. The number of nitrogens with one attached hydrogen (secondary N) is 1. The van der Waals surface area contributed by atoms with E-state index in [1.165, 1.54) is 12.1 Å². The molecule has 0 fully saturated rings. The Morgan fingerprint density at radius 2 is 1.76 bits per heavy atom. The maximum atomic E-state index is 11.8. The van der Waals surface area contributed by atoms with Crippen molar-refractivity contribution in [2.45, 2.75) is 17.4 Å². The third-order valence-corrected chi connectivity index (χ3v) is 4.04. The summed E-state index contributed by atoms with van der Waals surface area (Å²) in [4.78, 5) is 24.2. The van der Waals surface area contributed by atoms with Crippen LogP contribution in [0.1, 0.15) is 5.56 Å². The number of carbonyl (C=O) groups is 2. The van der Waals surface area contributed by atoms with E-state index in [0.717, 1.165) is 4.90 Å². The summed E-state index contributed by atoms with van der Waals surface area (Å²) in [5, 5.41) is 28.1. The van der Waals surface area contributed by atoms with Crippen molar-refractivity contribution in [2.24, 2.45) is 10.2 Å². The van der Waals surface area contributed by atoms with Gasteiger partial charge in [-0.3, -0.25) is 0 Å². The van der Waals surface area contributed by atoms with Crippen LogP contribution in [0.25, 0.3) is 0 Å². The Morgan fingerprint density at radius 1 is 1.12 bits per heavy atom. The number of carboxylic acid groups (broad SMARTS) is 1. The molecule has 7 nitrogen and oxygen atoms in total. The van der Waals surface area contributed by atoms with Gasteiger partial charge in [0.05, 0.1) is 5.69 Å². The van der Waals surface area contributed by atoms with Crippen LogP contribution in [0, 0.1) is 0 Å². The van der Waals surface area contributed by atoms with Crippen LogP contribution in [0.15, 0.2) is 63.7 Å². The minimum absolute atomic E-state index is 0.0687. The Kier molecular flexibility index (Phi) is 6.53. The lowest BCUT2D eigenvalue weighted by molar-refractivity contribution is -0.139. The van der Waals surface area contributed by atoms with Crippen LogP contribution >= 0.6 is 11.8 Å². The smallest absolute Gasteiger partial charge is 0.360 e. The van der Waals surface area contributed by atoms with Crippen LogP contribution in [0.3, 0.4) is 0 Å². The molecular formula is C17H17N3O4S. The highest BCUT2D eigenvalue weighted by Crippen LogP contribution is 2.19. The number of amides is 2. The number of hydrogen-bond donors (Lipinski definition) is 3. The Hall–Kier alpha value is -2.87.